The molecule has 112 valence electrons. The summed E-state index contributed by atoms with van der Waals surface area (Å²) in [5.41, 5.74) is 2.57. The van der Waals surface area contributed by atoms with Crippen LogP contribution in [0.2, 0.25) is 0 Å². The zero-order chi connectivity index (χ0) is 14.8. The summed E-state index contributed by atoms with van der Waals surface area (Å²) in [5.74, 6) is -0.00324. The van der Waals surface area contributed by atoms with Crippen LogP contribution in [0.15, 0.2) is 24.3 Å². The van der Waals surface area contributed by atoms with Crippen LogP contribution in [0, 0.1) is 0 Å². The number of hydrogen-bond donors (Lipinski definition) is 2. The molecule has 0 aromatic heterocycles. The highest BCUT2D eigenvalue weighted by atomic mass is 16.5. The first-order valence-corrected chi connectivity index (χ1v) is 7.25. The number of methoxy groups -OCH3 is 1. The Morgan fingerprint density at radius 2 is 2.00 bits per heavy atom. The van der Waals surface area contributed by atoms with Gasteiger partial charge in [-0.25, -0.2) is 0 Å². The molecule has 0 spiro atoms. The van der Waals surface area contributed by atoms with Crippen molar-refractivity contribution in [3.8, 4) is 0 Å². The van der Waals surface area contributed by atoms with Gasteiger partial charge in [-0.15, -0.1) is 0 Å². The largest absolute Gasteiger partial charge is 0.383 e. The fourth-order valence-corrected chi connectivity index (χ4v) is 1.98. The zero-order valence-electron chi connectivity index (χ0n) is 12.7. The molecule has 0 aliphatic carbocycles. The van der Waals surface area contributed by atoms with Crippen molar-refractivity contribution in [3.05, 3.63) is 35.4 Å². The van der Waals surface area contributed by atoms with Gasteiger partial charge in [0.05, 0.1) is 13.2 Å². The summed E-state index contributed by atoms with van der Waals surface area (Å²) in [5, 5.41) is 6.01. The van der Waals surface area contributed by atoms with E-state index in [1.807, 2.05) is 0 Å². The number of nitrogens with one attached hydrogen (secondary N) is 2. The lowest BCUT2D eigenvalue weighted by molar-refractivity contribution is -0.120. The first-order chi connectivity index (χ1) is 9.67. The van der Waals surface area contributed by atoms with Crippen LogP contribution in [-0.2, 0) is 16.0 Å². The minimum Gasteiger partial charge on any atom is -0.383 e. The smallest absolute Gasteiger partial charge is 0.234 e. The summed E-state index contributed by atoms with van der Waals surface area (Å²) in [6, 6.07) is 8.75. The van der Waals surface area contributed by atoms with Crippen LogP contribution in [0.3, 0.4) is 0 Å². The molecule has 1 amide bonds. The third kappa shape index (κ3) is 6.17. The van der Waals surface area contributed by atoms with E-state index in [2.05, 4.69) is 48.7 Å². The number of ether oxygens (including phenoxy) is 1. The summed E-state index contributed by atoms with van der Waals surface area (Å²) in [6.07, 6.45) is 2.28. The van der Waals surface area contributed by atoms with E-state index in [1.165, 1.54) is 11.1 Å². The molecule has 1 rings (SSSR count). The van der Waals surface area contributed by atoms with Gasteiger partial charge in [0, 0.05) is 19.7 Å². The van der Waals surface area contributed by atoms with E-state index < -0.39 is 0 Å². The summed E-state index contributed by atoms with van der Waals surface area (Å²) in [6.45, 7) is 5.66. The number of hydrogen-bond acceptors (Lipinski definition) is 3. The molecule has 1 unspecified atom stereocenters. The van der Waals surface area contributed by atoms with Crippen molar-refractivity contribution in [2.24, 2.45) is 0 Å². The second-order valence-corrected chi connectivity index (χ2v) is 4.94. The summed E-state index contributed by atoms with van der Waals surface area (Å²) in [4.78, 5) is 11.6. The molecule has 1 atom stereocenters. The Morgan fingerprint density at radius 3 is 2.60 bits per heavy atom. The minimum atomic E-state index is -0.00324. The van der Waals surface area contributed by atoms with E-state index in [0.717, 1.165) is 12.8 Å². The molecule has 4 heteroatoms. The lowest BCUT2D eigenvalue weighted by atomic mass is 10.0. The van der Waals surface area contributed by atoms with Gasteiger partial charge < -0.3 is 15.4 Å². The van der Waals surface area contributed by atoms with E-state index in [1.54, 1.807) is 7.11 Å². The Kier molecular flexibility index (Phi) is 7.92. The van der Waals surface area contributed by atoms with Crippen molar-refractivity contribution < 1.29 is 9.53 Å². The molecule has 0 saturated carbocycles. The molecule has 4 nitrogen and oxygen atoms in total. The predicted octanol–water partition coefficient (Wildman–Crippen LogP) is 2.05. The number of amides is 1. The van der Waals surface area contributed by atoms with Gasteiger partial charge in [0.2, 0.25) is 5.91 Å². The Hall–Kier alpha value is -1.39. The summed E-state index contributed by atoms with van der Waals surface area (Å²) < 4.78 is 4.88. The van der Waals surface area contributed by atoms with Crippen LogP contribution in [-0.4, -0.2) is 32.7 Å². The maximum atomic E-state index is 11.6. The Labute approximate surface area is 121 Å². The highest BCUT2D eigenvalue weighted by Gasteiger charge is 2.07. The summed E-state index contributed by atoms with van der Waals surface area (Å²) >= 11 is 0. The fraction of sp³-hybridized carbons (Fsp3) is 0.562. The predicted molar refractivity (Wildman–Crippen MR) is 81.7 cm³/mol. The highest BCUT2D eigenvalue weighted by Crippen LogP contribution is 2.13. The first kappa shape index (κ1) is 16.7. The molecule has 2 N–H and O–H groups in total. The molecule has 0 radical (unpaired) electrons. The van der Waals surface area contributed by atoms with E-state index in [4.69, 9.17) is 4.74 Å². The number of rotatable bonds is 9. The van der Waals surface area contributed by atoms with Crippen LogP contribution < -0.4 is 10.6 Å². The van der Waals surface area contributed by atoms with Crippen molar-refractivity contribution in [1.29, 1.82) is 0 Å². The second kappa shape index (κ2) is 9.50. The molecule has 20 heavy (non-hydrogen) atoms. The van der Waals surface area contributed by atoms with Gasteiger partial charge in [-0.2, -0.15) is 0 Å². The lowest BCUT2D eigenvalue weighted by Gasteiger charge is -2.14. The molecule has 0 heterocycles. The minimum absolute atomic E-state index is 0.00324. The van der Waals surface area contributed by atoms with Gasteiger partial charge >= 0.3 is 0 Å². The zero-order valence-corrected chi connectivity index (χ0v) is 12.7. The van der Waals surface area contributed by atoms with Crippen molar-refractivity contribution >= 4 is 5.91 Å². The van der Waals surface area contributed by atoms with Crippen LogP contribution in [0.5, 0.6) is 0 Å². The Bertz CT molecular complexity index is 390. The van der Waals surface area contributed by atoms with E-state index >= 15 is 0 Å². The number of benzene rings is 1. The van der Waals surface area contributed by atoms with Crippen molar-refractivity contribution in [1.82, 2.24) is 10.6 Å². The highest BCUT2D eigenvalue weighted by molar-refractivity contribution is 5.78. The normalized spacial score (nSPS) is 12.2. The van der Waals surface area contributed by atoms with E-state index in [-0.39, 0.29) is 11.9 Å². The van der Waals surface area contributed by atoms with Gasteiger partial charge in [-0.05, 0) is 24.5 Å². The lowest BCUT2D eigenvalue weighted by Crippen LogP contribution is -2.36. The number of aryl methyl sites for hydroxylation is 1. The Morgan fingerprint density at radius 1 is 1.30 bits per heavy atom. The number of carbonyl (C=O) groups is 1. The average molecular weight is 278 g/mol. The molecular weight excluding hydrogens is 252 g/mol. The fourth-order valence-electron chi connectivity index (χ4n) is 1.98. The second-order valence-electron chi connectivity index (χ2n) is 4.94. The maximum Gasteiger partial charge on any atom is 0.234 e. The topological polar surface area (TPSA) is 50.4 Å². The molecule has 1 aromatic rings. The van der Waals surface area contributed by atoms with Crippen molar-refractivity contribution in [3.63, 3.8) is 0 Å². The van der Waals surface area contributed by atoms with Gasteiger partial charge in [0.15, 0.2) is 0 Å². The average Bonchev–Trinajstić information content (AvgIpc) is 2.46. The molecule has 0 aliphatic heterocycles. The van der Waals surface area contributed by atoms with E-state index in [9.17, 15) is 4.79 Å². The SMILES string of the molecule is CCCc1ccc(C(C)NCC(=O)NCCOC)cc1. The van der Waals surface area contributed by atoms with Gasteiger partial charge in [-0.3, -0.25) is 4.79 Å². The molecule has 0 saturated heterocycles. The van der Waals surface area contributed by atoms with Gasteiger partial charge in [-0.1, -0.05) is 37.6 Å². The van der Waals surface area contributed by atoms with Crippen molar-refractivity contribution in [2.45, 2.75) is 32.7 Å². The maximum absolute atomic E-state index is 11.6. The molecule has 0 fully saturated rings. The van der Waals surface area contributed by atoms with Crippen LogP contribution >= 0.6 is 0 Å². The monoisotopic (exact) mass is 278 g/mol. The Balaban J connectivity index is 2.34. The molecule has 0 bridgehead atoms. The van der Waals surface area contributed by atoms with Crippen LogP contribution in [0.4, 0.5) is 0 Å². The quantitative estimate of drug-likeness (QED) is 0.680. The third-order valence-corrected chi connectivity index (χ3v) is 3.22. The third-order valence-electron chi connectivity index (χ3n) is 3.22. The van der Waals surface area contributed by atoms with Crippen LogP contribution in [0.1, 0.15) is 37.4 Å². The standard InChI is InChI=1S/C16H26N2O2/c1-4-5-14-6-8-15(9-7-14)13(2)18-12-16(19)17-10-11-20-3/h6-9,13,18H,4-5,10-12H2,1-3H3,(H,17,19). The van der Waals surface area contributed by atoms with E-state index in [0.29, 0.717) is 19.7 Å². The van der Waals surface area contributed by atoms with Gasteiger partial charge in [0.1, 0.15) is 0 Å². The molecule has 0 aliphatic rings. The number of carbonyl (C=O) groups excluding carboxylic acids is 1. The molecular formula is C16H26N2O2. The summed E-state index contributed by atoms with van der Waals surface area (Å²) in [7, 11) is 1.62. The van der Waals surface area contributed by atoms with Crippen molar-refractivity contribution in [2.75, 3.05) is 26.8 Å². The van der Waals surface area contributed by atoms with Gasteiger partial charge in [0.25, 0.3) is 0 Å². The molecule has 1 aromatic carbocycles. The van der Waals surface area contributed by atoms with Crippen LogP contribution in [0.25, 0.3) is 0 Å². The first-order valence-electron chi connectivity index (χ1n) is 7.25.